The topological polar surface area (TPSA) is 78.9 Å². The Hall–Kier alpha value is -3.67. The molecular weight excluding hydrogens is 853 g/mol. The van der Waals surface area contributed by atoms with Gasteiger partial charge in [-0.1, -0.05) is 240 Å². The van der Waals surface area contributed by atoms with E-state index < -0.39 is 6.10 Å². The molecule has 6 heteroatoms. The predicted octanol–water partition coefficient (Wildman–Crippen LogP) is 19.3. The zero-order valence-corrected chi connectivity index (χ0v) is 45.0. The molecule has 0 spiro atoms. The van der Waals surface area contributed by atoms with Crippen molar-refractivity contribution in [1.82, 2.24) is 0 Å². The second kappa shape index (κ2) is 56.9. The molecule has 0 aromatic rings. The number of rotatable bonds is 51. The van der Waals surface area contributed by atoms with Crippen LogP contribution >= 0.6 is 0 Å². The summed E-state index contributed by atoms with van der Waals surface area (Å²) in [7, 11) is 0. The fraction of sp³-hybridized carbons (Fsp3) is 0.698. The lowest BCUT2D eigenvalue weighted by Crippen LogP contribution is -2.30. The maximum absolute atomic E-state index is 12.9. The molecule has 1 unspecified atom stereocenters. The molecule has 0 aromatic carbocycles. The van der Waals surface area contributed by atoms with Crippen LogP contribution in [0.5, 0.6) is 0 Å². The van der Waals surface area contributed by atoms with Crippen molar-refractivity contribution in [3.8, 4) is 0 Å². The molecule has 0 aromatic heterocycles. The molecule has 0 aliphatic carbocycles. The molecule has 6 nitrogen and oxygen atoms in total. The van der Waals surface area contributed by atoms with Gasteiger partial charge in [-0.25, -0.2) is 0 Å². The second-order valence-electron chi connectivity index (χ2n) is 18.8. The van der Waals surface area contributed by atoms with Crippen molar-refractivity contribution < 1.29 is 28.6 Å². The van der Waals surface area contributed by atoms with Crippen LogP contribution in [0.3, 0.4) is 0 Å². The lowest BCUT2D eigenvalue weighted by atomic mass is 10.1. The summed E-state index contributed by atoms with van der Waals surface area (Å²) in [6.07, 6.45) is 75.5. The minimum Gasteiger partial charge on any atom is -0.462 e. The maximum Gasteiger partial charge on any atom is 0.306 e. The largest absolute Gasteiger partial charge is 0.462 e. The highest BCUT2D eigenvalue weighted by Gasteiger charge is 2.19. The first-order valence-corrected chi connectivity index (χ1v) is 28.7. The summed E-state index contributed by atoms with van der Waals surface area (Å²) in [5.74, 6) is -0.978. The quantitative estimate of drug-likeness (QED) is 0.0262. The summed E-state index contributed by atoms with van der Waals surface area (Å²) in [4.78, 5) is 38.1. The number of allylic oxidation sites excluding steroid dienone is 16. The third-order valence-electron chi connectivity index (χ3n) is 12.1. The molecule has 0 radical (unpaired) electrons. The van der Waals surface area contributed by atoms with E-state index in [0.717, 1.165) is 96.3 Å². The number of unbranched alkanes of at least 4 members (excludes halogenated alkanes) is 24. The summed E-state index contributed by atoms with van der Waals surface area (Å²) in [5.41, 5.74) is 0. The second-order valence-corrected chi connectivity index (χ2v) is 18.8. The smallest absolute Gasteiger partial charge is 0.306 e. The van der Waals surface area contributed by atoms with Crippen LogP contribution in [0.4, 0.5) is 0 Å². The van der Waals surface area contributed by atoms with Gasteiger partial charge in [-0.3, -0.25) is 14.4 Å². The van der Waals surface area contributed by atoms with Crippen LogP contribution in [-0.4, -0.2) is 37.2 Å². The van der Waals surface area contributed by atoms with Crippen molar-refractivity contribution >= 4 is 17.9 Å². The first kappa shape index (κ1) is 65.3. The van der Waals surface area contributed by atoms with Crippen LogP contribution in [0.25, 0.3) is 0 Å². The molecular formula is C63H106O6. The molecule has 0 bridgehead atoms. The predicted molar refractivity (Wildman–Crippen MR) is 297 cm³/mol. The number of carbonyl (C=O) groups is 3. The molecule has 0 aliphatic heterocycles. The highest BCUT2D eigenvalue weighted by molar-refractivity contribution is 5.71. The van der Waals surface area contributed by atoms with Crippen LogP contribution in [0, 0.1) is 0 Å². The van der Waals surface area contributed by atoms with E-state index >= 15 is 0 Å². The maximum atomic E-state index is 12.9. The van der Waals surface area contributed by atoms with Crippen LogP contribution in [0.2, 0.25) is 0 Å². The Morgan fingerprint density at radius 2 is 0.594 bits per heavy atom. The average molecular weight is 960 g/mol. The lowest BCUT2D eigenvalue weighted by molar-refractivity contribution is -0.166. The van der Waals surface area contributed by atoms with Gasteiger partial charge in [-0.15, -0.1) is 0 Å². The van der Waals surface area contributed by atoms with Crippen LogP contribution in [0.1, 0.15) is 265 Å². The van der Waals surface area contributed by atoms with Gasteiger partial charge in [0.05, 0.1) is 0 Å². The van der Waals surface area contributed by atoms with E-state index in [2.05, 4.69) is 112 Å². The minimum absolute atomic E-state index is 0.0998. The molecule has 0 N–H and O–H groups in total. The number of esters is 3. The summed E-state index contributed by atoms with van der Waals surface area (Å²) in [6, 6.07) is 0. The van der Waals surface area contributed by atoms with Crippen LogP contribution in [0.15, 0.2) is 97.2 Å². The van der Waals surface area contributed by atoms with Crippen molar-refractivity contribution in [2.75, 3.05) is 13.2 Å². The highest BCUT2D eigenvalue weighted by atomic mass is 16.6. The standard InChI is InChI=1S/C63H106O6/c1-4-7-10-13-16-19-22-25-27-29-31-33-35-38-41-44-47-50-53-56-62(65)68-59-60(58-67-61(64)55-52-49-46-43-40-37-24-21-18-15-12-9-6-3)69-63(66)57-54-51-48-45-42-39-36-34-32-30-28-26-23-20-17-14-11-8-5-2/h7-8,10-11,16-17,19-20,25-28,37,40,46,49,60H,4-6,9,12-15,18,21-24,29-36,38-39,41-45,47-48,50-59H2,1-3H3/b10-7+,11-8+,19-16+,20-17+,27-25+,28-26+,40-37+,49-46+. The Labute approximate surface area is 426 Å². The first-order chi connectivity index (χ1) is 34.0. The Morgan fingerprint density at radius 1 is 0.304 bits per heavy atom. The van der Waals surface area contributed by atoms with Gasteiger partial charge >= 0.3 is 17.9 Å². The van der Waals surface area contributed by atoms with E-state index in [1.165, 1.54) is 122 Å². The van der Waals surface area contributed by atoms with E-state index in [4.69, 9.17) is 14.2 Å². The number of hydrogen-bond donors (Lipinski definition) is 0. The summed E-state index contributed by atoms with van der Waals surface area (Å²) < 4.78 is 16.8. The molecule has 0 rings (SSSR count). The van der Waals surface area contributed by atoms with Gasteiger partial charge in [0.15, 0.2) is 6.10 Å². The molecule has 394 valence electrons. The zero-order chi connectivity index (χ0) is 50.0. The summed E-state index contributed by atoms with van der Waals surface area (Å²) in [6.45, 7) is 6.36. The number of carbonyl (C=O) groups excluding carboxylic acids is 3. The molecule has 69 heavy (non-hydrogen) atoms. The van der Waals surface area contributed by atoms with Crippen molar-refractivity contribution in [1.29, 1.82) is 0 Å². The monoisotopic (exact) mass is 959 g/mol. The van der Waals surface area contributed by atoms with E-state index in [1.54, 1.807) is 0 Å². The fourth-order valence-electron chi connectivity index (χ4n) is 7.82. The highest BCUT2D eigenvalue weighted by Crippen LogP contribution is 2.15. The van der Waals surface area contributed by atoms with E-state index in [0.29, 0.717) is 19.3 Å². The summed E-state index contributed by atoms with van der Waals surface area (Å²) in [5, 5.41) is 0. The Balaban J connectivity index is 4.42. The van der Waals surface area contributed by atoms with Crippen molar-refractivity contribution in [3.63, 3.8) is 0 Å². The number of ether oxygens (including phenoxy) is 3. The third kappa shape index (κ3) is 55.1. The lowest BCUT2D eigenvalue weighted by Gasteiger charge is -2.18. The van der Waals surface area contributed by atoms with E-state index in [-0.39, 0.29) is 37.5 Å². The molecule has 0 aliphatic rings. The molecule has 0 heterocycles. The van der Waals surface area contributed by atoms with Gasteiger partial charge in [-0.2, -0.15) is 0 Å². The van der Waals surface area contributed by atoms with Gasteiger partial charge in [0.25, 0.3) is 0 Å². The van der Waals surface area contributed by atoms with Gasteiger partial charge in [0.2, 0.25) is 0 Å². The molecule has 0 fully saturated rings. The average Bonchev–Trinajstić information content (AvgIpc) is 3.35. The number of hydrogen-bond acceptors (Lipinski definition) is 6. The van der Waals surface area contributed by atoms with Crippen molar-refractivity contribution in [3.05, 3.63) is 97.2 Å². The van der Waals surface area contributed by atoms with Gasteiger partial charge in [-0.05, 0) is 103 Å². The molecule has 0 saturated carbocycles. The first-order valence-electron chi connectivity index (χ1n) is 28.7. The van der Waals surface area contributed by atoms with Crippen LogP contribution in [-0.2, 0) is 28.6 Å². The normalized spacial score (nSPS) is 12.8. The molecule has 1 atom stereocenters. The SMILES string of the molecule is CC/C=C/C/C=C/C/C=C/CCCCCCCCCCCC(=O)OCC(COC(=O)CC/C=C/C/C=C/CCCCCCCC)OC(=O)CCCCCCCCCCC/C=C/C/C=C/C/C=C/CC. The van der Waals surface area contributed by atoms with Crippen LogP contribution < -0.4 is 0 Å². The summed E-state index contributed by atoms with van der Waals surface area (Å²) >= 11 is 0. The van der Waals surface area contributed by atoms with Crippen molar-refractivity contribution in [2.45, 2.75) is 271 Å². The van der Waals surface area contributed by atoms with Gasteiger partial charge < -0.3 is 14.2 Å². The Bertz CT molecular complexity index is 1380. The zero-order valence-electron chi connectivity index (χ0n) is 45.0. The van der Waals surface area contributed by atoms with E-state index in [9.17, 15) is 14.4 Å². The Kier molecular flexibility index (Phi) is 53.9. The van der Waals surface area contributed by atoms with Crippen molar-refractivity contribution in [2.24, 2.45) is 0 Å². The molecule has 0 saturated heterocycles. The Morgan fingerprint density at radius 3 is 0.971 bits per heavy atom. The molecule has 0 amide bonds. The van der Waals surface area contributed by atoms with E-state index in [1.807, 2.05) is 6.08 Å². The van der Waals surface area contributed by atoms with Gasteiger partial charge in [0.1, 0.15) is 13.2 Å². The fourth-order valence-corrected chi connectivity index (χ4v) is 7.82. The van der Waals surface area contributed by atoms with Gasteiger partial charge in [0, 0.05) is 19.3 Å². The third-order valence-corrected chi connectivity index (χ3v) is 12.1. The minimum atomic E-state index is -0.806.